The first-order valence-corrected chi connectivity index (χ1v) is 12.2. The van der Waals surface area contributed by atoms with Crippen LogP contribution in [0.3, 0.4) is 0 Å². The predicted molar refractivity (Wildman–Crippen MR) is 127 cm³/mol. The van der Waals surface area contributed by atoms with Gasteiger partial charge in [0.25, 0.3) is 0 Å². The van der Waals surface area contributed by atoms with E-state index in [1.807, 2.05) is 18.2 Å². The number of hydrogen-bond donors (Lipinski definition) is 2. The van der Waals surface area contributed by atoms with Gasteiger partial charge in [-0.05, 0) is 74.3 Å². The van der Waals surface area contributed by atoms with Crippen molar-refractivity contribution >= 4 is 11.6 Å². The number of anilines is 1. The molecule has 0 bridgehead atoms. The number of carbonyl (C=O) groups excluding carboxylic acids is 1. The van der Waals surface area contributed by atoms with E-state index in [2.05, 4.69) is 15.1 Å². The fourth-order valence-electron chi connectivity index (χ4n) is 5.11. The summed E-state index contributed by atoms with van der Waals surface area (Å²) >= 11 is 0. The van der Waals surface area contributed by atoms with Gasteiger partial charge in [0.05, 0.1) is 12.0 Å². The molecule has 3 aliphatic heterocycles. The quantitative estimate of drug-likeness (QED) is 0.650. The van der Waals surface area contributed by atoms with Crippen LogP contribution in [0.2, 0.25) is 0 Å². The molecule has 1 unspecified atom stereocenters. The second-order valence-electron chi connectivity index (χ2n) is 9.38. The zero-order valence-corrected chi connectivity index (χ0v) is 19.3. The van der Waals surface area contributed by atoms with Crippen LogP contribution in [0.5, 0.6) is 11.5 Å². The number of likely N-dealkylation sites (tertiary alicyclic amines) is 1. The van der Waals surface area contributed by atoms with Gasteiger partial charge in [-0.15, -0.1) is 0 Å². The first-order chi connectivity index (χ1) is 16.6. The molecule has 7 nitrogen and oxygen atoms in total. The highest BCUT2D eigenvalue weighted by molar-refractivity contribution is 5.80. The minimum atomic E-state index is -0.866. The van der Waals surface area contributed by atoms with E-state index in [1.165, 1.54) is 12.1 Å². The first kappa shape index (κ1) is 22.9. The molecule has 2 aromatic carbocycles. The van der Waals surface area contributed by atoms with E-state index >= 15 is 0 Å². The number of benzene rings is 2. The molecule has 2 aromatic rings. The summed E-state index contributed by atoms with van der Waals surface area (Å²) in [6.45, 7) is 4.85. The fraction of sp³-hybridized carbons (Fsp3) is 0.500. The van der Waals surface area contributed by atoms with Crippen LogP contribution in [0, 0.1) is 11.7 Å². The maximum absolute atomic E-state index is 13.3. The van der Waals surface area contributed by atoms with Gasteiger partial charge in [0.1, 0.15) is 25.1 Å². The average Bonchev–Trinajstić information content (AvgIpc) is 3.56. The van der Waals surface area contributed by atoms with Gasteiger partial charge >= 0.3 is 0 Å². The molecule has 0 radical (unpaired) electrons. The number of nitrogens with one attached hydrogen (secondary N) is 1. The molecule has 2 saturated heterocycles. The summed E-state index contributed by atoms with van der Waals surface area (Å²) in [5.74, 6) is 0.799. The molecule has 3 aliphatic rings. The summed E-state index contributed by atoms with van der Waals surface area (Å²) in [7, 11) is 0. The summed E-state index contributed by atoms with van der Waals surface area (Å²) in [6.07, 6.45) is 2.13. The number of carbonyl (C=O) groups is 1. The zero-order valence-electron chi connectivity index (χ0n) is 19.3. The minimum Gasteiger partial charge on any atom is -0.486 e. The topological polar surface area (TPSA) is 74.3 Å². The number of halogens is 1. The Bertz CT molecular complexity index is 996. The Morgan fingerprint density at radius 1 is 1.06 bits per heavy atom. The Morgan fingerprint density at radius 2 is 1.79 bits per heavy atom. The van der Waals surface area contributed by atoms with Crippen LogP contribution in [0.4, 0.5) is 10.1 Å². The van der Waals surface area contributed by atoms with Gasteiger partial charge in [0.2, 0.25) is 5.91 Å². The largest absolute Gasteiger partial charge is 0.486 e. The van der Waals surface area contributed by atoms with E-state index in [9.17, 15) is 14.3 Å². The Labute approximate surface area is 199 Å². The van der Waals surface area contributed by atoms with E-state index in [4.69, 9.17) is 9.47 Å². The van der Waals surface area contributed by atoms with Gasteiger partial charge in [-0.2, -0.15) is 0 Å². The molecule has 0 aromatic heterocycles. The number of aliphatic hydroxyl groups excluding tert-OH is 1. The van der Waals surface area contributed by atoms with E-state index in [-0.39, 0.29) is 17.6 Å². The summed E-state index contributed by atoms with van der Waals surface area (Å²) in [6, 6.07) is 11.4. The van der Waals surface area contributed by atoms with Gasteiger partial charge < -0.3 is 29.7 Å². The van der Waals surface area contributed by atoms with E-state index in [0.29, 0.717) is 43.4 Å². The molecule has 0 saturated carbocycles. The number of rotatable bonds is 7. The normalized spacial score (nSPS) is 21.9. The fourth-order valence-corrected chi connectivity index (χ4v) is 5.11. The van der Waals surface area contributed by atoms with Crippen LogP contribution in [-0.4, -0.2) is 67.9 Å². The van der Waals surface area contributed by atoms with E-state index in [0.717, 1.165) is 44.6 Å². The smallest absolute Gasteiger partial charge is 0.225 e. The highest BCUT2D eigenvalue weighted by atomic mass is 19.1. The Kier molecular flexibility index (Phi) is 6.87. The number of fused-ring (bicyclic) bond motifs is 1. The molecular formula is C26H32FN3O4. The predicted octanol–water partition coefficient (Wildman–Crippen LogP) is 2.74. The Hall–Kier alpha value is -2.84. The number of hydrogen-bond acceptors (Lipinski definition) is 6. The lowest BCUT2D eigenvalue weighted by atomic mass is 9.99. The standard InChI is InChI=1S/C26H32FN3O4/c27-20-4-6-21(7-5-20)30-12-9-19(16-30)26(32)28-22(17-29-10-1-2-11-29)25(31)18-3-8-23-24(15-18)34-14-13-33-23/h3-8,15,19,22,25,31H,1-2,9-14,16-17H2,(H,28,32)/t19?,22-,25-/m1/s1. The van der Waals surface area contributed by atoms with Crippen molar-refractivity contribution in [2.24, 2.45) is 5.92 Å². The molecule has 0 aliphatic carbocycles. The lowest BCUT2D eigenvalue weighted by molar-refractivity contribution is -0.126. The lowest BCUT2D eigenvalue weighted by Gasteiger charge is -2.30. The third-order valence-corrected chi connectivity index (χ3v) is 7.02. The number of aliphatic hydroxyl groups is 1. The molecule has 3 heterocycles. The van der Waals surface area contributed by atoms with Gasteiger partial charge in [-0.25, -0.2) is 4.39 Å². The van der Waals surface area contributed by atoms with Crippen molar-refractivity contribution in [2.45, 2.75) is 31.4 Å². The molecule has 3 atom stereocenters. The molecule has 2 fully saturated rings. The molecule has 1 amide bonds. The molecule has 2 N–H and O–H groups in total. The van der Waals surface area contributed by atoms with Crippen LogP contribution >= 0.6 is 0 Å². The molecule has 182 valence electrons. The third-order valence-electron chi connectivity index (χ3n) is 7.02. The monoisotopic (exact) mass is 469 g/mol. The summed E-state index contributed by atoms with van der Waals surface area (Å²) < 4.78 is 24.6. The van der Waals surface area contributed by atoms with Crippen molar-refractivity contribution in [1.29, 1.82) is 0 Å². The van der Waals surface area contributed by atoms with E-state index in [1.54, 1.807) is 12.1 Å². The van der Waals surface area contributed by atoms with Crippen LogP contribution < -0.4 is 19.7 Å². The second-order valence-corrected chi connectivity index (χ2v) is 9.38. The number of nitrogens with zero attached hydrogens (tertiary/aromatic N) is 2. The van der Waals surface area contributed by atoms with Gasteiger partial charge in [-0.1, -0.05) is 6.07 Å². The minimum absolute atomic E-state index is 0.0506. The second kappa shape index (κ2) is 10.2. The van der Waals surface area contributed by atoms with Crippen molar-refractivity contribution in [3.63, 3.8) is 0 Å². The summed E-state index contributed by atoms with van der Waals surface area (Å²) in [5, 5.41) is 14.5. The van der Waals surface area contributed by atoms with Gasteiger partial charge in [0, 0.05) is 25.3 Å². The highest BCUT2D eigenvalue weighted by Gasteiger charge is 2.33. The third kappa shape index (κ3) is 5.13. The van der Waals surface area contributed by atoms with Crippen LogP contribution in [0.15, 0.2) is 42.5 Å². The number of amides is 1. The molecule has 8 heteroatoms. The molecule has 34 heavy (non-hydrogen) atoms. The van der Waals surface area contributed by atoms with Crippen molar-refractivity contribution in [3.05, 3.63) is 53.8 Å². The van der Waals surface area contributed by atoms with Crippen molar-refractivity contribution in [2.75, 3.05) is 50.8 Å². The molecule has 0 spiro atoms. The average molecular weight is 470 g/mol. The SMILES string of the molecule is O=C(N[C@H](CN1CCCC1)[C@H](O)c1ccc2c(c1)OCCO2)C1CCN(c2ccc(F)cc2)C1. The molecular weight excluding hydrogens is 437 g/mol. The number of ether oxygens (including phenoxy) is 2. The lowest BCUT2D eigenvalue weighted by Crippen LogP contribution is -2.48. The van der Waals surface area contributed by atoms with Crippen molar-refractivity contribution < 1.29 is 23.8 Å². The van der Waals surface area contributed by atoms with Crippen LogP contribution in [0.25, 0.3) is 0 Å². The van der Waals surface area contributed by atoms with Crippen molar-refractivity contribution in [3.8, 4) is 11.5 Å². The van der Waals surface area contributed by atoms with Gasteiger partial charge in [0.15, 0.2) is 11.5 Å². The summed E-state index contributed by atoms with van der Waals surface area (Å²) in [4.78, 5) is 17.7. The maximum Gasteiger partial charge on any atom is 0.225 e. The summed E-state index contributed by atoms with van der Waals surface area (Å²) in [5.41, 5.74) is 1.62. The maximum atomic E-state index is 13.3. The first-order valence-electron chi connectivity index (χ1n) is 12.2. The Balaban J connectivity index is 1.28. The van der Waals surface area contributed by atoms with E-state index < -0.39 is 12.1 Å². The Morgan fingerprint density at radius 3 is 2.56 bits per heavy atom. The van der Waals surface area contributed by atoms with Crippen molar-refractivity contribution in [1.82, 2.24) is 10.2 Å². The molecule has 5 rings (SSSR count). The van der Waals surface area contributed by atoms with Crippen LogP contribution in [0.1, 0.15) is 30.9 Å². The van der Waals surface area contributed by atoms with Gasteiger partial charge in [-0.3, -0.25) is 4.79 Å². The van der Waals surface area contributed by atoms with Crippen LogP contribution in [-0.2, 0) is 4.79 Å². The zero-order chi connectivity index (χ0) is 23.5. The highest BCUT2D eigenvalue weighted by Crippen LogP contribution is 2.34.